The van der Waals surface area contributed by atoms with E-state index in [9.17, 15) is 14.8 Å². The quantitative estimate of drug-likeness (QED) is 0.296. The normalized spacial score (nSPS) is 11.9. The van der Waals surface area contributed by atoms with E-state index >= 15 is 0 Å². The van der Waals surface area contributed by atoms with E-state index in [-0.39, 0.29) is 11.5 Å². The van der Waals surface area contributed by atoms with Gasteiger partial charge < -0.3 is 15.5 Å². The van der Waals surface area contributed by atoms with Crippen LogP contribution in [0.5, 0.6) is 0 Å². The van der Waals surface area contributed by atoms with Crippen molar-refractivity contribution in [1.82, 2.24) is 10.0 Å². The van der Waals surface area contributed by atoms with Crippen molar-refractivity contribution in [2.75, 3.05) is 0 Å². The molecule has 88 valence electrons. The van der Waals surface area contributed by atoms with Gasteiger partial charge in [-0.15, -0.1) is 0 Å². The maximum atomic E-state index is 10.8. The molecule has 0 spiro atoms. The average Bonchev–Trinajstić information content (AvgIpc) is 2.67. The largest absolute Gasteiger partial charge is 0.439 e. The summed E-state index contributed by atoms with van der Waals surface area (Å²) >= 11 is 0. The Morgan fingerprint density at radius 2 is 2.38 bits per heavy atom. The monoisotopic (exact) mass is 227 g/mol. The Labute approximate surface area is 91.7 Å². The highest BCUT2D eigenvalue weighted by atomic mass is 16.6. The van der Waals surface area contributed by atoms with Gasteiger partial charge in [-0.25, -0.2) is 4.79 Å². The molecule has 0 bridgehead atoms. The molecule has 16 heavy (non-hydrogen) atoms. The second-order valence-corrected chi connectivity index (χ2v) is 3.15. The summed E-state index contributed by atoms with van der Waals surface area (Å²) < 4.78 is 4.76. The molecule has 0 radical (unpaired) electrons. The van der Waals surface area contributed by atoms with Gasteiger partial charge in [-0.2, -0.15) is 5.06 Å². The van der Waals surface area contributed by atoms with Gasteiger partial charge in [0.05, 0.1) is 0 Å². The van der Waals surface area contributed by atoms with Gasteiger partial charge in [0.1, 0.15) is 0 Å². The van der Waals surface area contributed by atoms with Crippen molar-refractivity contribution in [2.24, 2.45) is 5.73 Å². The molecule has 0 fully saturated rings. The van der Waals surface area contributed by atoms with Gasteiger partial charge in [-0.05, 0) is 12.1 Å². The fraction of sp³-hybridized carbons (Fsp3) is 0.333. The lowest BCUT2D eigenvalue weighted by molar-refractivity contribution is -0.188. The number of rotatable bonds is 4. The minimum atomic E-state index is -1.13. The number of ether oxygens (including phenoxy) is 1. The molecule has 1 atom stereocenters. The number of carbonyl (C=O) groups excluding carboxylic acids is 2. The topological polar surface area (TPSA) is 109 Å². The van der Waals surface area contributed by atoms with Crippen molar-refractivity contribution in [2.45, 2.75) is 19.6 Å². The van der Waals surface area contributed by atoms with E-state index in [0.29, 0.717) is 5.69 Å². The summed E-state index contributed by atoms with van der Waals surface area (Å²) in [6.45, 7) is 1.18. The Hall–Kier alpha value is -2.02. The number of esters is 1. The van der Waals surface area contributed by atoms with Crippen molar-refractivity contribution in [3.63, 3.8) is 0 Å². The molecule has 0 aliphatic rings. The number of nitrogens with two attached hydrogens (primary N) is 1. The molecule has 0 aromatic carbocycles. The summed E-state index contributed by atoms with van der Waals surface area (Å²) in [5, 5.41) is 9.48. The summed E-state index contributed by atoms with van der Waals surface area (Å²) in [6.07, 6.45) is 0.673. The molecule has 0 saturated heterocycles. The Morgan fingerprint density at radius 1 is 1.69 bits per heavy atom. The zero-order chi connectivity index (χ0) is 12.1. The standard InChI is InChI=1S/C9H13N3O4/c1-6(13)16-8(12(15)9(10)14)5-7-3-2-4-11-7/h2-4,8,11,15H,5H2,1H3,(H2,10,14). The number of amides is 2. The lowest BCUT2D eigenvalue weighted by atomic mass is 10.3. The Balaban J connectivity index is 2.71. The molecule has 7 heteroatoms. The van der Waals surface area contributed by atoms with E-state index in [4.69, 9.17) is 10.5 Å². The zero-order valence-corrected chi connectivity index (χ0v) is 8.71. The molecule has 0 aliphatic carbocycles. The molecular weight excluding hydrogens is 214 g/mol. The summed E-state index contributed by atoms with van der Waals surface area (Å²) in [7, 11) is 0. The van der Waals surface area contributed by atoms with E-state index in [1.165, 1.54) is 6.92 Å². The van der Waals surface area contributed by atoms with E-state index in [1.54, 1.807) is 18.3 Å². The van der Waals surface area contributed by atoms with Gasteiger partial charge in [0, 0.05) is 25.2 Å². The predicted octanol–water partition coefficient (Wildman–Crippen LogP) is 0.216. The van der Waals surface area contributed by atoms with Crippen LogP contribution in [0.4, 0.5) is 4.79 Å². The highest BCUT2D eigenvalue weighted by molar-refractivity contribution is 5.71. The number of urea groups is 1. The summed E-state index contributed by atoms with van der Waals surface area (Å²) in [4.78, 5) is 24.4. The van der Waals surface area contributed by atoms with Gasteiger partial charge in [-0.3, -0.25) is 10.0 Å². The van der Waals surface area contributed by atoms with Gasteiger partial charge >= 0.3 is 12.0 Å². The number of aromatic amines is 1. The first-order valence-corrected chi connectivity index (χ1v) is 4.57. The third-order valence-corrected chi connectivity index (χ3v) is 1.86. The van der Waals surface area contributed by atoms with Crippen molar-refractivity contribution in [3.8, 4) is 0 Å². The summed E-state index contributed by atoms with van der Waals surface area (Å²) in [5.74, 6) is -0.614. The lowest BCUT2D eigenvalue weighted by Crippen LogP contribution is -2.44. The second-order valence-electron chi connectivity index (χ2n) is 3.15. The molecule has 1 heterocycles. The highest BCUT2D eigenvalue weighted by Gasteiger charge is 2.23. The fourth-order valence-corrected chi connectivity index (χ4v) is 1.19. The molecule has 4 N–H and O–H groups in total. The minimum Gasteiger partial charge on any atom is -0.439 e. The maximum Gasteiger partial charge on any atom is 0.341 e. The average molecular weight is 227 g/mol. The minimum absolute atomic E-state index is 0.131. The highest BCUT2D eigenvalue weighted by Crippen LogP contribution is 2.07. The molecule has 1 unspecified atom stereocenters. The second kappa shape index (κ2) is 5.17. The summed E-state index contributed by atoms with van der Waals surface area (Å²) in [6, 6.07) is 2.38. The third-order valence-electron chi connectivity index (χ3n) is 1.86. The number of aromatic nitrogens is 1. The number of hydrogen-bond donors (Lipinski definition) is 3. The van der Waals surface area contributed by atoms with Gasteiger partial charge in [-0.1, -0.05) is 0 Å². The van der Waals surface area contributed by atoms with Gasteiger partial charge in [0.15, 0.2) is 0 Å². The number of hydrogen-bond acceptors (Lipinski definition) is 4. The molecule has 0 aliphatic heterocycles. The van der Waals surface area contributed by atoms with Crippen LogP contribution < -0.4 is 5.73 Å². The van der Waals surface area contributed by atoms with Crippen LogP contribution in [0.1, 0.15) is 12.6 Å². The molecule has 2 amide bonds. The van der Waals surface area contributed by atoms with Crippen molar-refractivity contribution in [1.29, 1.82) is 0 Å². The Bertz CT molecular complexity index is 363. The van der Waals surface area contributed by atoms with Crippen LogP contribution in [0.25, 0.3) is 0 Å². The first kappa shape index (κ1) is 12.1. The van der Waals surface area contributed by atoms with Crippen LogP contribution in [0.3, 0.4) is 0 Å². The fourth-order valence-electron chi connectivity index (χ4n) is 1.19. The number of carbonyl (C=O) groups is 2. The van der Waals surface area contributed by atoms with Crippen molar-refractivity contribution in [3.05, 3.63) is 24.0 Å². The molecule has 0 saturated carbocycles. The van der Waals surface area contributed by atoms with Crippen LogP contribution in [0.2, 0.25) is 0 Å². The lowest BCUT2D eigenvalue weighted by Gasteiger charge is -2.23. The maximum absolute atomic E-state index is 10.8. The summed E-state index contributed by atoms with van der Waals surface area (Å²) in [5.41, 5.74) is 5.58. The first-order valence-electron chi connectivity index (χ1n) is 4.57. The van der Waals surface area contributed by atoms with Crippen LogP contribution >= 0.6 is 0 Å². The van der Waals surface area contributed by atoms with Crippen molar-refractivity contribution < 1.29 is 19.5 Å². The SMILES string of the molecule is CC(=O)OC(Cc1ccc[nH]1)N(O)C(N)=O. The van der Waals surface area contributed by atoms with Crippen LogP contribution in [-0.2, 0) is 16.0 Å². The van der Waals surface area contributed by atoms with Crippen LogP contribution in [0, 0.1) is 0 Å². The smallest absolute Gasteiger partial charge is 0.341 e. The zero-order valence-electron chi connectivity index (χ0n) is 8.71. The van der Waals surface area contributed by atoms with Crippen LogP contribution in [-0.4, -0.2) is 33.5 Å². The number of hydroxylamine groups is 2. The number of nitrogens with zero attached hydrogens (tertiary/aromatic N) is 1. The first-order chi connectivity index (χ1) is 7.50. The molecule has 7 nitrogen and oxygen atoms in total. The Morgan fingerprint density at radius 3 is 2.81 bits per heavy atom. The van der Waals surface area contributed by atoms with E-state index in [2.05, 4.69) is 4.98 Å². The molecule has 1 aromatic heterocycles. The third kappa shape index (κ3) is 3.28. The molecule has 1 rings (SSSR count). The Kier molecular flexibility index (Phi) is 3.90. The van der Waals surface area contributed by atoms with E-state index in [1.807, 2.05) is 0 Å². The molecule has 1 aromatic rings. The number of H-pyrrole nitrogens is 1. The van der Waals surface area contributed by atoms with Crippen molar-refractivity contribution >= 4 is 12.0 Å². The molecular formula is C9H13N3O4. The van der Waals surface area contributed by atoms with Gasteiger partial charge in [0.2, 0.25) is 6.23 Å². The predicted molar refractivity (Wildman–Crippen MR) is 53.3 cm³/mol. The van der Waals surface area contributed by atoms with E-state index in [0.717, 1.165) is 0 Å². The van der Waals surface area contributed by atoms with Crippen LogP contribution in [0.15, 0.2) is 18.3 Å². The van der Waals surface area contributed by atoms with E-state index < -0.39 is 18.2 Å². The number of nitrogens with one attached hydrogen (secondary N) is 1. The number of primary amides is 1. The van der Waals surface area contributed by atoms with Gasteiger partial charge in [0.25, 0.3) is 0 Å².